The highest BCUT2D eigenvalue weighted by atomic mass is 16.2. The van der Waals surface area contributed by atoms with Gasteiger partial charge in [0.15, 0.2) is 11.6 Å². The number of Topliss-reactive ketones (excluding diaryl/α,β-unsaturated/α-hetero) is 2. The SMILES string of the molecule is CCCc1ccc(C(=O)[C@@H]2[C@H](C(=O)c3ccccc3)N3c4ccc(C)cc4C(C)=C[C@H]3[C@@]23C(=O)Nc2ccccc23)cc1. The molecular weight excluding hydrogens is 532 g/mol. The predicted octanol–water partition coefficient (Wildman–Crippen LogP) is 7.19. The van der Waals surface area contributed by atoms with E-state index in [4.69, 9.17) is 0 Å². The molecule has 1 saturated heterocycles. The lowest BCUT2D eigenvalue weighted by molar-refractivity contribution is -0.121. The summed E-state index contributed by atoms with van der Waals surface area (Å²) in [5.74, 6) is -1.58. The van der Waals surface area contributed by atoms with Crippen molar-refractivity contribution in [3.05, 3.63) is 137 Å². The normalized spacial score (nSPS) is 23.3. The number of allylic oxidation sites excluding steroid dienone is 1. The largest absolute Gasteiger partial charge is 0.352 e. The molecule has 1 amide bonds. The van der Waals surface area contributed by atoms with Gasteiger partial charge >= 0.3 is 0 Å². The van der Waals surface area contributed by atoms with Crippen LogP contribution in [0.4, 0.5) is 11.4 Å². The second-order valence-electron chi connectivity index (χ2n) is 12.1. The van der Waals surface area contributed by atoms with Gasteiger partial charge in [-0.1, -0.05) is 104 Å². The Morgan fingerprint density at radius 2 is 1.53 bits per heavy atom. The first kappa shape index (κ1) is 27.1. The van der Waals surface area contributed by atoms with Gasteiger partial charge in [-0.15, -0.1) is 0 Å². The van der Waals surface area contributed by atoms with Crippen LogP contribution in [0.25, 0.3) is 5.57 Å². The van der Waals surface area contributed by atoms with E-state index >= 15 is 0 Å². The van der Waals surface area contributed by atoms with Crippen molar-refractivity contribution in [2.24, 2.45) is 5.92 Å². The van der Waals surface area contributed by atoms with Gasteiger partial charge in [-0.05, 0) is 55.2 Å². The average Bonchev–Trinajstić information content (AvgIpc) is 3.49. The smallest absolute Gasteiger partial charge is 0.238 e. The quantitative estimate of drug-likeness (QED) is 0.251. The second kappa shape index (κ2) is 10.2. The lowest BCUT2D eigenvalue weighted by atomic mass is 9.64. The number of nitrogens with zero attached hydrogens (tertiary/aromatic N) is 1. The van der Waals surface area contributed by atoms with Crippen LogP contribution < -0.4 is 10.2 Å². The molecule has 0 aliphatic carbocycles. The Balaban J connectivity index is 1.52. The topological polar surface area (TPSA) is 66.5 Å². The number of amides is 1. The van der Waals surface area contributed by atoms with Crippen molar-refractivity contribution in [2.75, 3.05) is 10.2 Å². The number of rotatable bonds is 6. The summed E-state index contributed by atoms with van der Waals surface area (Å²) in [4.78, 5) is 46.4. The van der Waals surface area contributed by atoms with Crippen molar-refractivity contribution in [2.45, 2.75) is 51.1 Å². The molecule has 1 N–H and O–H groups in total. The lowest BCUT2D eigenvalue weighted by Gasteiger charge is -2.39. The number of ketones is 2. The van der Waals surface area contributed by atoms with Crippen LogP contribution in [0.15, 0.2) is 103 Å². The first-order chi connectivity index (χ1) is 20.9. The number of aryl methyl sites for hydroxylation is 2. The molecule has 3 aliphatic rings. The molecule has 1 fully saturated rings. The number of nitrogens with one attached hydrogen (secondary N) is 1. The maximum Gasteiger partial charge on any atom is 0.238 e. The van der Waals surface area contributed by atoms with E-state index in [0.717, 1.165) is 46.4 Å². The van der Waals surface area contributed by atoms with E-state index in [1.165, 1.54) is 0 Å². The van der Waals surface area contributed by atoms with E-state index in [1.807, 2.05) is 85.8 Å². The number of carbonyl (C=O) groups excluding carboxylic acids is 3. The summed E-state index contributed by atoms with van der Waals surface area (Å²) in [6.07, 6.45) is 4.03. The third-order valence-electron chi connectivity index (χ3n) is 9.52. The molecule has 214 valence electrons. The third kappa shape index (κ3) is 3.94. The molecule has 0 radical (unpaired) electrons. The highest BCUT2D eigenvalue weighted by Crippen LogP contribution is 2.58. The van der Waals surface area contributed by atoms with Crippen LogP contribution in [0.5, 0.6) is 0 Å². The van der Waals surface area contributed by atoms with Gasteiger partial charge in [0, 0.05) is 28.1 Å². The standard InChI is InChI=1S/C38H34N2O3/c1-4-10-25-16-18-27(19-17-25)35(41)33-34(36(42)26-11-6-5-7-12-26)40-31-20-15-23(2)21-28(31)24(3)22-32(40)38(33)29-13-8-9-14-30(29)39-37(38)43/h5-9,11-22,32-34H,4,10H2,1-3H3,(H,39,43)/t32-,33-,34+,38+/m0/s1. The Morgan fingerprint density at radius 1 is 0.837 bits per heavy atom. The summed E-state index contributed by atoms with van der Waals surface area (Å²) >= 11 is 0. The zero-order valence-corrected chi connectivity index (χ0v) is 24.6. The fourth-order valence-electron chi connectivity index (χ4n) is 7.62. The van der Waals surface area contributed by atoms with Gasteiger partial charge in [0.05, 0.1) is 12.0 Å². The van der Waals surface area contributed by atoms with Crippen LogP contribution in [0.1, 0.15) is 63.2 Å². The highest BCUT2D eigenvalue weighted by molar-refractivity contribution is 6.18. The minimum Gasteiger partial charge on any atom is -0.352 e. The summed E-state index contributed by atoms with van der Waals surface area (Å²) < 4.78 is 0. The minimum absolute atomic E-state index is 0.167. The van der Waals surface area contributed by atoms with E-state index in [0.29, 0.717) is 16.8 Å². The molecule has 0 unspecified atom stereocenters. The van der Waals surface area contributed by atoms with Crippen LogP contribution >= 0.6 is 0 Å². The molecule has 3 aliphatic heterocycles. The Kier molecular flexibility index (Phi) is 6.42. The summed E-state index contributed by atoms with van der Waals surface area (Å²) in [6.45, 7) is 6.23. The van der Waals surface area contributed by atoms with Gasteiger partial charge in [-0.3, -0.25) is 14.4 Å². The molecule has 1 spiro atoms. The summed E-state index contributed by atoms with van der Waals surface area (Å²) in [5, 5.41) is 3.11. The average molecular weight is 567 g/mol. The van der Waals surface area contributed by atoms with Crippen molar-refractivity contribution in [1.29, 1.82) is 0 Å². The van der Waals surface area contributed by atoms with Crippen LogP contribution in [0, 0.1) is 12.8 Å². The molecular formula is C38H34N2O3. The molecule has 7 rings (SSSR count). The van der Waals surface area contributed by atoms with E-state index < -0.39 is 23.4 Å². The molecule has 5 nitrogen and oxygen atoms in total. The van der Waals surface area contributed by atoms with E-state index in [9.17, 15) is 14.4 Å². The monoisotopic (exact) mass is 566 g/mol. The molecule has 3 heterocycles. The minimum atomic E-state index is -1.31. The molecule has 4 aromatic carbocycles. The Labute approximate surface area is 252 Å². The van der Waals surface area contributed by atoms with Crippen LogP contribution in [0.2, 0.25) is 0 Å². The number of para-hydroxylation sites is 1. The molecule has 43 heavy (non-hydrogen) atoms. The molecule has 4 aromatic rings. The maximum absolute atomic E-state index is 15.0. The number of fused-ring (bicyclic) bond motifs is 6. The zero-order valence-electron chi connectivity index (χ0n) is 24.6. The number of anilines is 2. The number of hydrogen-bond acceptors (Lipinski definition) is 4. The number of hydrogen-bond donors (Lipinski definition) is 1. The second-order valence-corrected chi connectivity index (χ2v) is 12.1. The summed E-state index contributed by atoms with van der Waals surface area (Å²) in [6, 6.07) is 29.2. The Bertz CT molecular complexity index is 1810. The molecule has 5 heteroatoms. The Hall–Kier alpha value is -4.77. The molecule has 0 aromatic heterocycles. The summed E-state index contributed by atoms with van der Waals surface area (Å²) in [5.41, 5.74) is 6.35. The Morgan fingerprint density at radius 3 is 2.28 bits per heavy atom. The van der Waals surface area contributed by atoms with Crippen molar-refractivity contribution >= 4 is 34.4 Å². The van der Waals surface area contributed by atoms with E-state index in [-0.39, 0.29) is 17.5 Å². The van der Waals surface area contributed by atoms with Crippen molar-refractivity contribution in [1.82, 2.24) is 0 Å². The van der Waals surface area contributed by atoms with Crippen molar-refractivity contribution < 1.29 is 14.4 Å². The van der Waals surface area contributed by atoms with Crippen molar-refractivity contribution in [3.63, 3.8) is 0 Å². The molecule has 4 atom stereocenters. The van der Waals surface area contributed by atoms with Gasteiger partial charge in [0.2, 0.25) is 5.91 Å². The van der Waals surface area contributed by atoms with E-state index in [2.05, 4.69) is 36.2 Å². The van der Waals surface area contributed by atoms with Crippen LogP contribution in [0.3, 0.4) is 0 Å². The third-order valence-corrected chi connectivity index (χ3v) is 9.52. The summed E-state index contributed by atoms with van der Waals surface area (Å²) in [7, 11) is 0. The molecule has 0 saturated carbocycles. The number of carbonyl (C=O) groups is 3. The fraction of sp³-hybridized carbons (Fsp3) is 0.237. The van der Waals surface area contributed by atoms with Crippen LogP contribution in [-0.2, 0) is 16.6 Å². The molecule has 0 bridgehead atoms. The van der Waals surface area contributed by atoms with Crippen LogP contribution in [-0.4, -0.2) is 29.6 Å². The van der Waals surface area contributed by atoms with Crippen molar-refractivity contribution in [3.8, 4) is 0 Å². The maximum atomic E-state index is 15.0. The van der Waals surface area contributed by atoms with E-state index in [1.54, 1.807) is 12.1 Å². The van der Waals surface area contributed by atoms with Gasteiger partial charge < -0.3 is 10.2 Å². The first-order valence-corrected chi connectivity index (χ1v) is 15.1. The lowest BCUT2D eigenvalue weighted by Crippen LogP contribution is -2.51. The van der Waals surface area contributed by atoms with Gasteiger partial charge in [0.1, 0.15) is 11.5 Å². The first-order valence-electron chi connectivity index (χ1n) is 15.1. The fourth-order valence-corrected chi connectivity index (χ4v) is 7.62. The van der Waals surface area contributed by atoms with Gasteiger partial charge in [-0.2, -0.15) is 0 Å². The number of benzene rings is 4. The highest BCUT2D eigenvalue weighted by Gasteiger charge is 2.70. The zero-order chi connectivity index (χ0) is 29.9. The van der Waals surface area contributed by atoms with Gasteiger partial charge in [0.25, 0.3) is 0 Å². The van der Waals surface area contributed by atoms with Gasteiger partial charge in [-0.25, -0.2) is 0 Å². The predicted molar refractivity (Wildman–Crippen MR) is 171 cm³/mol.